The van der Waals surface area contributed by atoms with Crippen LogP contribution in [0.3, 0.4) is 0 Å². The quantitative estimate of drug-likeness (QED) is 0.292. The number of aliphatic hydroxyl groups is 2. The number of fused-ring (bicyclic) bond motifs is 1. The van der Waals surface area contributed by atoms with E-state index in [0.717, 1.165) is 34.3 Å². The average molecular weight is 475 g/mol. The first-order valence-electron chi connectivity index (χ1n) is 10.8. The van der Waals surface area contributed by atoms with Crippen molar-refractivity contribution in [1.29, 1.82) is 0 Å². The Hall–Kier alpha value is -1.80. The fourth-order valence-electron chi connectivity index (χ4n) is 3.83. The van der Waals surface area contributed by atoms with E-state index in [9.17, 15) is 19.8 Å². The Morgan fingerprint density at radius 2 is 2.00 bits per heavy atom. The number of esters is 1. The number of thioether (sulfide) groups is 2. The number of carbonyl (C=O) groups excluding carboxylic acids is 2. The smallest absolute Gasteiger partial charge is 0.315 e. The molecule has 172 valence electrons. The Morgan fingerprint density at radius 3 is 2.78 bits per heavy atom. The van der Waals surface area contributed by atoms with Crippen molar-refractivity contribution in [3.8, 4) is 0 Å². The number of ether oxygens (including phenoxy) is 1. The van der Waals surface area contributed by atoms with E-state index in [4.69, 9.17) is 0 Å². The topological polar surface area (TPSA) is 83.8 Å². The van der Waals surface area contributed by atoms with Gasteiger partial charge in [0, 0.05) is 18.8 Å². The van der Waals surface area contributed by atoms with Gasteiger partial charge in [0.25, 0.3) is 0 Å². The fourth-order valence-corrected chi connectivity index (χ4v) is 6.13. The average Bonchev–Trinajstić information content (AvgIpc) is 3.06. The SMILES string of the molecule is COC(=O)CSCCCSC1C(=O)C[C@@H](O)C1/C=C/[C@H](O)Cc1ccc2ccccc2c1. The molecule has 2 aromatic rings. The van der Waals surface area contributed by atoms with Gasteiger partial charge in [0.15, 0.2) is 0 Å². The van der Waals surface area contributed by atoms with Gasteiger partial charge in [-0.1, -0.05) is 54.6 Å². The summed E-state index contributed by atoms with van der Waals surface area (Å²) < 4.78 is 4.61. The highest BCUT2D eigenvalue weighted by molar-refractivity contribution is 8.01. The molecule has 1 fully saturated rings. The third kappa shape index (κ3) is 7.10. The van der Waals surface area contributed by atoms with Crippen molar-refractivity contribution in [3.05, 3.63) is 60.2 Å². The van der Waals surface area contributed by atoms with Crippen molar-refractivity contribution < 1.29 is 24.5 Å². The summed E-state index contributed by atoms with van der Waals surface area (Å²) in [6.07, 6.45) is 3.63. The molecule has 4 atom stereocenters. The van der Waals surface area contributed by atoms with Crippen LogP contribution < -0.4 is 0 Å². The van der Waals surface area contributed by atoms with Crippen molar-refractivity contribution in [2.45, 2.75) is 36.7 Å². The van der Waals surface area contributed by atoms with Crippen LogP contribution in [0.2, 0.25) is 0 Å². The molecule has 1 saturated carbocycles. The maximum absolute atomic E-state index is 12.4. The van der Waals surface area contributed by atoms with Gasteiger partial charge in [0.1, 0.15) is 5.78 Å². The molecular weight excluding hydrogens is 444 g/mol. The molecule has 0 aromatic heterocycles. The Labute approximate surface area is 197 Å². The Balaban J connectivity index is 1.50. The van der Waals surface area contributed by atoms with Crippen LogP contribution in [0.5, 0.6) is 0 Å². The number of carbonyl (C=O) groups is 2. The van der Waals surface area contributed by atoms with Gasteiger partial charge in [-0.2, -0.15) is 11.8 Å². The fraction of sp³-hybridized carbons (Fsp3) is 0.440. The van der Waals surface area contributed by atoms with Gasteiger partial charge < -0.3 is 14.9 Å². The summed E-state index contributed by atoms with van der Waals surface area (Å²) in [7, 11) is 1.38. The summed E-state index contributed by atoms with van der Waals surface area (Å²) in [6, 6.07) is 14.3. The summed E-state index contributed by atoms with van der Waals surface area (Å²) in [4.78, 5) is 23.5. The number of Topliss-reactive ketones (excluding diaryl/α,β-unsaturated/α-hetero) is 1. The first kappa shape index (κ1) is 24.8. The zero-order valence-electron chi connectivity index (χ0n) is 18.2. The molecule has 2 aromatic carbocycles. The number of methoxy groups -OCH3 is 1. The third-order valence-electron chi connectivity index (χ3n) is 5.51. The molecule has 7 heteroatoms. The number of hydrogen-bond donors (Lipinski definition) is 2. The number of rotatable bonds is 11. The van der Waals surface area contributed by atoms with E-state index in [1.54, 1.807) is 17.8 Å². The highest BCUT2D eigenvalue weighted by Gasteiger charge is 2.40. The Kier molecular flexibility index (Phi) is 9.66. The van der Waals surface area contributed by atoms with Gasteiger partial charge >= 0.3 is 5.97 Å². The van der Waals surface area contributed by atoms with E-state index >= 15 is 0 Å². The van der Waals surface area contributed by atoms with Crippen LogP contribution in [0.1, 0.15) is 18.4 Å². The zero-order chi connectivity index (χ0) is 22.9. The minimum absolute atomic E-state index is 0.0587. The first-order valence-corrected chi connectivity index (χ1v) is 13.0. The second-order valence-corrected chi connectivity index (χ2v) is 10.3. The van der Waals surface area contributed by atoms with E-state index in [-0.39, 0.29) is 29.3 Å². The summed E-state index contributed by atoms with van der Waals surface area (Å²) in [5.41, 5.74) is 1.04. The molecule has 1 aliphatic rings. The van der Waals surface area contributed by atoms with E-state index in [1.807, 2.05) is 24.3 Å². The molecule has 0 amide bonds. The number of ketones is 1. The molecule has 32 heavy (non-hydrogen) atoms. The van der Waals surface area contributed by atoms with Gasteiger partial charge in [0.05, 0.1) is 30.3 Å². The van der Waals surface area contributed by atoms with Crippen LogP contribution in [0.25, 0.3) is 10.8 Å². The molecule has 1 aliphatic carbocycles. The molecule has 0 heterocycles. The van der Waals surface area contributed by atoms with Gasteiger partial charge in [0.2, 0.25) is 0 Å². The third-order valence-corrected chi connectivity index (χ3v) is 7.99. The van der Waals surface area contributed by atoms with Crippen LogP contribution in [0.15, 0.2) is 54.6 Å². The van der Waals surface area contributed by atoms with Crippen LogP contribution >= 0.6 is 23.5 Å². The van der Waals surface area contributed by atoms with E-state index in [1.165, 1.54) is 18.9 Å². The Morgan fingerprint density at radius 1 is 1.22 bits per heavy atom. The predicted molar refractivity (Wildman–Crippen MR) is 132 cm³/mol. The predicted octanol–water partition coefficient (Wildman–Crippen LogP) is 3.65. The molecule has 0 saturated heterocycles. The van der Waals surface area contributed by atoms with Crippen LogP contribution in [-0.4, -0.2) is 63.8 Å². The van der Waals surface area contributed by atoms with E-state index in [0.29, 0.717) is 12.2 Å². The monoisotopic (exact) mass is 474 g/mol. The zero-order valence-corrected chi connectivity index (χ0v) is 19.8. The largest absolute Gasteiger partial charge is 0.468 e. The molecule has 0 aliphatic heterocycles. The normalized spacial score (nSPS) is 22.0. The highest BCUT2D eigenvalue weighted by atomic mass is 32.2. The molecule has 5 nitrogen and oxygen atoms in total. The number of aliphatic hydroxyl groups excluding tert-OH is 2. The lowest BCUT2D eigenvalue weighted by Crippen LogP contribution is -2.22. The highest BCUT2D eigenvalue weighted by Crippen LogP contribution is 2.34. The first-order chi connectivity index (χ1) is 15.5. The lowest BCUT2D eigenvalue weighted by molar-refractivity contribution is -0.137. The maximum Gasteiger partial charge on any atom is 0.315 e. The molecular formula is C25H30O5S2. The van der Waals surface area contributed by atoms with Gasteiger partial charge in [-0.25, -0.2) is 0 Å². The van der Waals surface area contributed by atoms with E-state index in [2.05, 4.69) is 29.0 Å². The molecule has 0 bridgehead atoms. The lowest BCUT2D eigenvalue weighted by atomic mass is 10.0. The maximum atomic E-state index is 12.4. The minimum atomic E-state index is -0.710. The molecule has 0 radical (unpaired) electrons. The van der Waals surface area contributed by atoms with Crippen molar-refractivity contribution in [2.75, 3.05) is 24.4 Å². The van der Waals surface area contributed by atoms with Crippen molar-refractivity contribution in [2.24, 2.45) is 5.92 Å². The summed E-state index contributed by atoms with van der Waals surface area (Å²) in [5.74, 6) is 1.47. The summed E-state index contributed by atoms with van der Waals surface area (Å²) in [6.45, 7) is 0. The van der Waals surface area contributed by atoms with Crippen LogP contribution in [-0.2, 0) is 20.7 Å². The van der Waals surface area contributed by atoms with E-state index < -0.39 is 12.2 Å². The Bertz CT molecular complexity index is 945. The molecule has 3 rings (SSSR count). The van der Waals surface area contributed by atoms with Gasteiger partial charge in [-0.15, -0.1) is 11.8 Å². The summed E-state index contributed by atoms with van der Waals surface area (Å²) >= 11 is 3.07. The standard InChI is InChI=1S/C25H30O5S2/c1-30-24(29)16-31-11-4-12-32-25-21(22(27)15-23(25)28)10-9-20(26)14-17-7-8-18-5-2-3-6-19(18)13-17/h2-3,5-10,13,20-22,25-27H,4,11-12,14-16H2,1H3/b10-9+/t20-,21?,22+,25?/m0/s1. The molecule has 0 spiro atoms. The van der Waals surface area contributed by atoms with Crippen LogP contribution in [0.4, 0.5) is 0 Å². The van der Waals surface area contributed by atoms with Crippen molar-refractivity contribution in [1.82, 2.24) is 0 Å². The second kappa shape index (κ2) is 12.4. The van der Waals surface area contributed by atoms with Gasteiger partial charge in [-0.05, 0) is 34.3 Å². The number of benzene rings is 2. The van der Waals surface area contributed by atoms with Gasteiger partial charge in [-0.3, -0.25) is 9.59 Å². The molecule has 2 unspecified atom stereocenters. The number of hydrogen-bond acceptors (Lipinski definition) is 7. The molecule has 2 N–H and O–H groups in total. The second-order valence-electron chi connectivity index (χ2n) is 7.93. The summed E-state index contributed by atoms with van der Waals surface area (Å²) in [5, 5.41) is 22.9. The van der Waals surface area contributed by atoms with Crippen LogP contribution in [0, 0.1) is 5.92 Å². The van der Waals surface area contributed by atoms with Crippen molar-refractivity contribution in [3.63, 3.8) is 0 Å². The lowest BCUT2D eigenvalue weighted by Gasteiger charge is -2.17. The minimum Gasteiger partial charge on any atom is -0.468 e. The van der Waals surface area contributed by atoms with Crippen molar-refractivity contribution >= 4 is 46.0 Å².